The maximum Gasteiger partial charge on any atom is 0.146 e. The molecule has 94 valence electrons. The number of hydrogen-bond donors (Lipinski definition) is 1. The summed E-state index contributed by atoms with van der Waals surface area (Å²) in [5, 5.41) is 0. The van der Waals surface area contributed by atoms with Crippen molar-refractivity contribution in [2.24, 2.45) is 5.73 Å². The second kappa shape index (κ2) is 5.93. The number of nitrogens with zero attached hydrogens (tertiary/aromatic N) is 3. The minimum atomic E-state index is 0.324. The maximum atomic E-state index is 5.71. The van der Waals surface area contributed by atoms with E-state index < -0.39 is 0 Å². The molecular formula is C12H20N4O. The molecule has 0 spiro atoms. The topological polar surface area (TPSA) is 64.3 Å². The Morgan fingerprint density at radius 2 is 2.29 bits per heavy atom. The van der Waals surface area contributed by atoms with Gasteiger partial charge in [0, 0.05) is 26.7 Å². The predicted molar refractivity (Wildman–Crippen MR) is 66.8 cm³/mol. The summed E-state index contributed by atoms with van der Waals surface area (Å²) in [7, 11) is 2.02. The first kappa shape index (κ1) is 12.3. The van der Waals surface area contributed by atoms with E-state index in [1.54, 1.807) is 12.4 Å². The van der Waals surface area contributed by atoms with Gasteiger partial charge in [-0.3, -0.25) is 4.98 Å². The van der Waals surface area contributed by atoms with Gasteiger partial charge in [-0.1, -0.05) is 0 Å². The summed E-state index contributed by atoms with van der Waals surface area (Å²) >= 11 is 0. The molecule has 1 aromatic rings. The van der Waals surface area contributed by atoms with Gasteiger partial charge in [-0.05, 0) is 19.3 Å². The van der Waals surface area contributed by atoms with Crippen molar-refractivity contribution >= 4 is 5.82 Å². The number of rotatable bonds is 4. The van der Waals surface area contributed by atoms with Gasteiger partial charge in [0.25, 0.3) is 0 Å². The van der Waals surface area contributed by atoms with Crippen LogP contribution in [0.15, 0.2) is 12.4 Å². The average Bonchev–Trinajstić information content (AvgIpc) is 2.40. The van der Waals surface area contributed by atoms with Crippen LogP contribution in [0.5, 0.6) is 0 Å². The van der Waals surface area contributed by atoms with Gasteiger partial charge in [0.2, 0.25) is 0 Å². The molecule has 2 N–H and O–H groups in total. The van der Waals surface area contributed by atoms with E-state index in [-0.39, 0.29) is 0 Å². The summed E-state index contributed by atoms with van der Waals surface area (Å²) in [6.07, 6.45) is 7.41. The number of hydrogen-bond acceptors (Lipinski definition) is 5. The van der Waals surface area contributed by atoms with Crippen molar-refractivity contribution in [3.63, 3.8) is 0 Å². The van der Waals surface area contributed by atoms with Crippen LogP contribution < -0.4 is 10.6 Å². The summed E-state index contributed by atoms with van der Waals surface area (Å²) in [5.41, 5.74) is 6.31. The minimum absolute atomic E-state index is 0.324. The van der Waals surface area contributed by atoms with E-state index >= 15 is 0 Å². The maximum absolute atomic E-state index is 5.71. The highest BCUT2D eigenvalue weighted by Gasteiger charge is 2.16. The van der Waals surface area contributed by atoms with Crippen molar-refractivity contribution in [3.05, 3.63) is 18.1 Å². The molecule has 1 aromatic heterocycles. The van der Waals surface area contributed by atoms with Crippen molar-refractivity contribution in [1.82, 2.24) is 9.97 Å². The molecule has 0 aliphatic carbocycles. The second-order valence-electron chi connectivity index (χ2n) is 4.44. The van der Waals surface area contributed by atoms with Crippen molar-refractivity contribution in [2.45, 2.75) is 31.9 Å². The predicted octanol–water partition coefficient (Wildman–Crippen LogP) is 0.941. The number of ether oxygens (including phenoxy) is 1. The van der Waals surface area contributed by atoms with Crippen LogP contribution in [0, 0.1) is 0 Å². The number of aromatic nitrogens is 2. The van der Waals surface area contributed by atoms with E-state index in [0.29, 0.717) is 12.6 Å². The fraction of sp³-hybridized carbons (Fsp3) is 0.667. The lowest BCUT2D eigenvalue weighted by Gasteiger charge is -2.27. The number of likely N-dealkylation sites (N-methyl/N-ethyl adjacent to an activating group) is 1. The molecule has 0 bridgehead atoms. The Labute approximate surface area is 102 Å². The molecule has 0 radical (unpaired) electrons. The fourth-order valence-electron chi connectivity index (χ4n) is 2.00. The Morgan fingerprint density at radius 3 is 2.88 bits per heavy atom. The minimum Gasteiger partial charge on any atom is -0.376 e. The van der Waals surface area contributed by atoms with Gasteiger partial charge < -0.3 is 15.4 Å². The number of nitrogens with two attached hydrogens (primary N) is 1. The SMILES string of the molecule is CN(CC1CCCCO1)c1cnc(CN)cn1. The lowest BCUT2D eigenvalue weighted by atomic mass is 10.1. The average molecular weight is 236 g/mol. The standard InChI is InChI=1S/C12H20N4O/c1-16(9-11-4-2-3-5-17-11)12-8-14-10(6-13)7-15-12/h7-8,11H,2-6,9,13H2,1H3. The molecule has 17 heavy (non-hydrogen) atoms. The molecule has 1 unspecified atom stereocenters. The zero-order chi connectivity index (χ0) is 12.1. The Kier molecular flexibility index (Phi) is 4.28. The summed E-state index contributed by atoms with van der Waals surface area (Å²) < 4.78 is 5.71. The summed E-state index contributed by atoms with van der Waals surface area (Å²) in [4.78, 5) is 10.7. The normalized spacial score (nSPS) is 20.2. The van der Waals surface area contributed by atoms with Crippen LogP contribution in [0.1, 0.15) is 25.0 Å². The molecule has 5 heteroatoms. The van der Waals surface area contributed by atoms with Gasteiger partial charge in [-0.15, -0.1) is 0 Å². The first-order valence-corrected chi connectivity index (χ1v) is 6.13. The third kappa shape index (κ3) is 3.38. The Morgan fingerprint density at radius 1 is 1.41 bits per heavy atom. The fourth-order valence-corrected chi connectivity index (χ4v) is 2.00. The van der Waals surface area contributed by atoms with E-state index in [1.165, 1.54) is 12.8 Å². The van der Waals surface area contributed by atoms with E-state index in [9.17, 15) is 0 Å². The second-order valence-corrected chi connectivity index (χ2v) is 4.44. The highest BCUT2D eigenvalue weighted by atomic mass is 16.5. The summed E-state index contributed by atoms with van der Waals surface area (Å²) in [6.45, 7) is 2.19. The zero-order valence-corrected chi connectivity index (χ0v) is 10.3. The molecule has 2 heterocycles. The molecule has 1 saturated heterocycles. The third-order valence-corrected chi connectivity index (χ3v) is 3.04. The zero-order valence-electron chi connectivity index (χ0n) is 10.3. The van der Waals surface area contributed by atoms with Crippen molar-refractivity contribution in [1.29, 1.82) is 0 Å². The van der Waals surface area contributed by atoms with Crippen LogP contribution >= 0.6 is 0 Å². The van der Waals surface area contributed by atoms with Gasteiger partial charge >= 0.3 is 0 Å². The quantitative estimate of drug-likeness (QED) is 0.843. The molecule has 1 atom stereocenters. The van der Waals surface area contributed by atoms with Crippen LogP contribution in [0.25, 0.3) is 0 Å². The van der Waals surface area contributed by atoms with Gasteiger partial charge in [-0.25, -0.2) is 4.98 Å². The van der Waals surface area contributed by atoms with Crippen molar-refractivity contribution in [2.75, 3.05) is 25.1 Å². The molecule has 1 aliphatic heterocycles. The van der Waals surface area contributed by atoms with Crippen LogP contribution in [0.3, 0.4) is 0 Å². The van der Waals surface area contributed by atoms with Crippen LogP contribution in [-0.4, -0.2) is 36.3 Å². The molecule has 1 fully saturated rings. The smallest absolute Gasteiger partial charge is 0.146 e. The van der Waals surface area contributed by atoms with E-state index in [1.807, 2.05) is 7.05 Å². The van der Waals surface area contributed by atoms with Gasteiger partial charge in [-0.2, -0.15) is 0 Å². The van der Waals surface area contributed by atoms with E-state index in [2.05, 4.69) is 14.9 Å². The molecule has 0 aromatic carbocycles. The van der Waals surface area contributed by atoms with Crippen molar-refractivity contribution < 1.29 is 4.74 Å². The third-order valence-electron chi connectivity index (χ3n) is 3.04. The molecule has 1 aliphatic rings. The highest BCUT2D eigenvalue weighted by Crippen LogP contribution is 2.15. The first-order valence-electron chi connectivity index (χ1n) is 6.13. The monoisotopic (exact) mass is 236 g/mol. The molecule has 5 nitrogen and oxygen atoms in total. The van der Waals surface area contributed by atoms with Gasteiger partial charge in [0.1, 0.15) is 5.82 Å². The van der Waals surface area contributed by atoms with Crippen molar-refractivity contribution in [3.8, 4) is 0 Å². The largest absolute Gasteiger partial charge is 0.376 e. The molecule has 0 amide bonds. The first-order chi connectivity index (χ1) is 8.29. The molecule has 2 rings (SSSR count). The highest BCUT2D eigenvalue weighted by molar-refractivity contribution is 5.34. The molecular weight excluding hydrogens is 216 g/mol. The van der Waals surface area contributed by atoms with Crippen LogP contribution in [-0.2, 0) is 11.3 Å². The van der Waals surface area contributed by atoms with Crippen LogP contribution in [0.4, 0.5) is 5.82 Å². The van der Waals surface area contributed by atoms with E-state index in [0.717, 1.165) is 31.1 Å². The van der Waals surface area contributed by atoms with Gasteiger partial charge in [0.05, 0.1) is 24.2 Å². The Hall–Kier alpha value is -1.20. The lowest BCUT2D eigenvalue weighted by molar-refractivity contribution is 0.0215. The molecule has 0 saturated carbocycles. The van der Waals surface area contributed by atoms with Crippen LogP contribution in [0.2, 0.25) is 0 Å². The number of anilines is 1. The Balaban J connectivity index is 1.91. The lowest BCUT2D eigenvalue weighted by Crippen LogP contribution is -2.33. The summed E-state index contributed by atoms with van der Waals surface area (Å²) in [5.74, 6) is 0.872. The van der Waals surface area contributed by atoms with Gasteiger partial charge in [0.15, 0.2) is 0 Å². The van der Waals surface area contributed by atoms with E-state index in [4.69, 9.17) is 10.5 Å². The Bertz CT molecular complexity index is 335. The summed E-state index contributed by atoms with van der Waals surface area (Å²) in [6, 6.07) is 0.